The quantitative estimate of drug-likeness (QED) is 0.408. The lowest BCUT2D eigenvalue weighted by molar-refractivity contribution is 0.320. The second-order valence-corrected chi connectivity index (χ2v) is 4.68. The smallest absolute Gasteiger partial charge is 0.122 e. The van der Waals surface area contributed by atoms with E-state index in [1.54, 1.807) is 0 Å². The Kier molecular flexibility index (Phi) is 2.23. The lowest BCUT2D eigenvalue weighted by Gasteiger charge is -2.01. The average molecular weight is 261 g/mol. The van der Waals surface area contributed by atoms with E-state index < -0.39 is 0 Å². The predicted molar refractivity (Wildman–Crippen MR) is 76.9 cm³/mol. The van der Waals surface area contributed by atoms with E-state index in [1.807, 2.05) is 54.6 Å². The molecule has 0 unspecified atom stereocenters. The van der Waals surface area contributed by atoms with Crippen LogP contribution in [-0.2, 0) is 0 Å². The second kappa shape index (κ2) is 4.06. The minimum atomic E-state index is 0.572. The first kappa shape index (κ1) is 11.0. The predicted octanol–water partition coefficient (Wildman–Crippen LogP) is 3.28. The van der Waals surface area contributed by atoms with E-state index in [-0.39, 0.29) is 0 Å². The molecule has 1 aromatic heterocycles. The molecule has 0 atom stereocenters. The summed E-state index contributed by atoms with van der Waals surface area (Å²) in [5.41, 5.74) is 6.10. The minimum absolute atomic E-state index is 0.572. The monoisotopic (exact) mass is 261 g/mol. The van der Waals surface area contributed by atoms with E-state index in [2.05, 4.69) is 15.4 Å². The number of fused-ring (bicyclic) bond motifs is 3. The first-order valence-corrected chi connectivity index (χ1v) is 6.36. The Labute approximate surface area is 115 Å². The fraction of sp³-hybridized carbons (Fsp3) is 0. The molecule has 0 aliphatic heterocycles. The molecule has 0 fully saturated rings. The summed E-state index contributed by atoms with van der Waals surface area (Å²) < 4.78 is 0. The van der Waals surface area contributed by atoms with Gasteiger partial charge in [-0.2, -0.15) is 5.10 Å². The first-order valence-electron chi connectivity index (χ1n) is 6.36. The summed E-state index contributed by atoms with van der Waals surface area (Å²) in [4.78, 5) is 0. The number of hydrogen-bond donors (Lipinski definition) is 2. The van der Waals surface area contributed by atoms with E-state index in [0.29, 0.717) is 5.71 Å². The van der Waals surface area contributed by atoms with Crippen LogP contribution in [0.25, 0.3) is 22.5 Å². The molecule has 0 saturated heterocycles. The molecule has 20 heavy (non-hydrogen) atoms. The standard InChI is InChI=1S/C16H11N3O/c20-19-16-12-9-5-4-8-11(12)15-13(16)14(17-18-15)10-6-2-1-3-7-10/h1-9,20H,(H,17,18). The molecule has 1 aliphatic rings. The van der Waals surface area contributed by atoms with Crippen LogP contribution < -0.4 is 0 Å². The lowest BCUT2D eigenvalue weighted by Crippen LogP contribution is -1.99. The molecule has 0 bridgehead atoms. The number of aromatic amines is 1. The van der Waals surface area contributed by atoms with Gasteiger partial charge in [0.25, 0.3) is 0 Å². The van der Waals surface area contributed by atoms with Crippen LogP contribution in [0.3, 0.4) is 0 Å². The highest BCUT2D eigenvalue weighted by atomic mass is 16.4. The van der Waals surface area contributed by atoms with Crippen LogP contribution in [0.5, 0.6) is 0 Å². The highest BCUT2D eigenvalue weighted by Crippen LogP contribution is 2.40. The Morgan fingerprint density at radius 1 is 0.900 bits per heavy atom. The van der Waals surface area contributed by atoms with Gasteiger partial charge < -0.3 is 5.21 Å². The van der Waals surface area contributed by atoms with E-state index in [0.717, 1.165) is 33.6 Å². The number of H-pyrrole nitrogens is 1. The van der Waals surface area contributed by atoms with Crippen molar-refractivity contribution in [3.8, 4) is 22.5 Å². The molecular weight excluding hydrogens is 250 g/mol. The molecule has 96 valence electrons. The number of hydrogen-bond acceptors (Lipinski definition) is 3. The molecule has 2 aromatic carbocycles. The van der Waals surface area contributed by atoms with Gasteiger partial charge in [0.05, 0.1) is 11.3 Å². The Hall–Kier alpha value is -2.88. The molecular formula is C16H11N3O. The van der Waals surface area contributed by atoms with E-state index >= 15 is 0 Å². The van der Waals surface area contributed by atoms with Gasteiger partial charge in [0, 0.05) is 16.7 Å². The van der Waals surface area contributed by atoms with Gasteiger partial charge in [-0.3, -0.25) is 5.10 Å². The summed E-state index contributed by atoms with van der Waals surface area (Å²) in [6.45, 7) is 0. The molecule has 0 radical (unpaired) electrons. The molecule has 1 aliphatic carbocycles. The van der Waals surface area contributed by atoms with Crippen molar-refractivity contribution in [2.75, 3.05) is 0 Å². The number of aromatic nitrogens is 2. The third kappa shape index (κ3) is 1.36. The van der Waals surface area contributed by atoms with Gasteiger partial charge in [-0.15, -0.1) is 0 Å². The molecule has 4 rings (SSSR count). The third-order valence-electron chi connectivity index (χ3n) is 3.60. The molecule has 1 heterocycles. The zero-order chi connectivity index (χ0) is 13.5. The molecule has 2 N–H and O–H groups in total. The van der Waals surface area contributed by atoms with Gasteiger partial charge >= 0.3 is 0 Å². The van der Waals surface area contributed by atoms with Crippen LogP contribution in [0.4, 0.5) is 0 Å². The van der Waals surface area contributed by atoms with Crippen LogP contribution in [0, 0.1) is 0 Å². The second-order valence-electron chi connectivity index (χ2n) is 4.68. The summed E-state index contributed by atoms with van der Waals surface area (Å²) in [6, 6.07) is 17.7. The van der Waals surface area contributed by atoms with E-state index in [9.17, 15) is 5.21 Å². The number of benzene rings is 2. The summed E-state index contributed by atoms with van der Waals surface area (Å²) in [7, 11) is 0. The topological polar surface area (TPSA) is 61.3 Å². The maximum Gasteiger partial charge on any atom is 0.122 e. The van der Waals surface area contributed by atoms with E-state index in [4.69, 9.17) is 0 Å². The summed E-state index contributed by atoms with van der Waals surface area (Å²) in [6.07, 6.45) is 0. The summed E-state index contributed by atoms with van der Waals surface area (Å²) in [5.74, 6) is 0. The van der Waals surface area contributed by atoms with Crippen molar-refractivity contribution in [3.63, 3.8) is 0 Å². The molecule has 4 heteroatoms. The SMILES string of the molecule is ON=C1c2ccccc2-c2[nH]nc(-c3ccccc3)c21. The molecule has 3 aromatic rings. The number of nitrogens with one attached hydrogen (secondary N) is 1. The van der Waals surface area contributed by atoms with Crippen molar-refractivity contribution in [2.24, 2.45) is 5.16 Å². The van der Waals surface area contributed by atoms with Crippen LogP contribution in [0.2, 0.25) is 0 Å². The fourth-order valence-electron chi connectivity index (χ4n) is 2.72. The Bertz CT molecular complexity index is 819. The fourth-order valence-corrected chi connectivity index (χ4v) is 2.72. The van der Waals surface area contributed by atoms with Crippen molar-refractivity contribution < 1.29 is 5.21 Å². The highest BCUT2D eigenvalue weighted by molar-refractivity contribution is 6.26. The third-order valence-corrected chi connectivity index (χ3v) is 3.60. The summed E-state index contributed by atoms with van der Waals surface area (Å²) >= 11 is 0. The van der Waals surface area contributed by atoms with Crippen LogP contribution in [-0.4, -0.2) is 21.1 Å². The largest absolute Gasteiger partial charge is 0.410 e. The average Bonchev–Trinajstić information content (AvgIpc) is 3.06. The van der Waals surface area contributed by atoms with Crippen molar-refractivity contribution in [3.05, 3.63) is 65.7 Å². The molecule has 0 amide bonds. The van der Waals surface area contributed by atoms with Crippen molar-refractivity contribution in [2.45, 2.75) is 0 Å². The van der Waals surface area contributed by atoms with Crippen molar-refractivity contribution in [1.29, 1.82) is 0 Å². The Morgan fingerprint density at radius 3 is 2.35 bits per heavy atom. The highest BCUT2D eigenvalue weighted by Gasteiger charge is 2.31. The zero-order valence-electron chi connectivity index (χ0n) is 10.5. The first-order chi connectivity index (χ1) is 9.90. The van der Waals surface area contributed by atoms with Crippen LogP contribution in [0.15, 0.2) is 59.8 Å². The maximum atomic E-state index is 9.40. The number of nitrogens with zero attached hydrogens (tertiary/aromatic N) is 2. The van der Waals surface area contributed by atoms with Gasteiger partial charge in [-0.25, -0.2) is 0 Å². The van der Waals surface area contributed by atoms with Crippen LogP contribution in [0.1, 0.15) is 11.1 Å². The van der Waals surface area contributed by atoms with Gasteiger partial charge in [0.15, 0.2) is 0 Å². The van der Waals surface area contributed by atoms with Crippen LogP contribution >= 0.6 is 0 Å². The van der Waals surface area contributed by atoms with Crippen molar-refractivity contribution in [1.82, 2.24) is 10.2 Å². The maximum absolute atomic E-state index is 9.40. The molecule has 4 nitrogen and oxygen atoms in total. The molecule has 0 spiro atoms. The molecule has 0 saturated carbocycles. The summed E-state index contributed by atoms with van der Waals surface area (Å²) in [5, 5.41) is 20.3. The number of oxime groups is 1. The number of rotatable bonds is 1. The minimum Gasteiger partial charge on any atom is -0.410 e. The Morgan fingerprint density at radius 2 is 1.60 bits per heavy atom. The zero-order valence-corrected chi connectivity index (χ0v) is 10.5. The van der Waals surface area contributed by atoms with E-state index in [1.165, 1.54) is 0 Å². The van der Waals surface area contributed by atoms with Gasteiger partial charge in [-0.1, -0.05) is 59.8 Å². The van der Waals surface area contributed by atoms with Gasteiger partial charge in [0.2, 0.25) is 0 Å². The lowest BCUT2D eigenvalue weighted by atomic mass is 10.0. The van der Waals surface area contributed by atoms with Gasteiger partial charge in [-0.05, 0) is 0 Å². The Balaban J connectivity index is 2.01. The van der Waals surface area contributed by atoms with Gasteiger partial charge in [0.1, 0.15) is 11.4 Å². The van der Waals surface area contributed by atoms with Crippen molar-refractivity contribution >= 4 is 5.71 Å². The normalized spacial score (nSPS) is 14.3.